The third-order valence-corrected chi connectivity index (χ3v) is 1.65. The van der Waals surface area contributed by atoms with Crippen LogP contribution in [-0.4, -0.2) is 15.8 Å². The summed E-state index contributed by atoms with van der Waals surface area (Å²) in [7, 11) is 0. The second-order valence-corrected chi connectivity index (χ2v) is 4.16. The zero-order chi connectivity index (χ0) is 10.8. The summed E-state index contributed by atoms with van der Waals surface area (Å²) in [5.74, 6) is 0.744. The summed E-state index contributed by atoms with van der Waals surface area (Å²) >= 11 is 0. The van der Waals surface area contributed by atoms with Gasteiger partial charge in [0.1, 0.15) is 17.1 Å². The quantitative estimate of drug-likeness (QED) is 0.761. The highest BCUT2D eigenvalue weighted by atomic mass is 16.5. The van der Waals surface area contributed by atoms with Crippen LogP contribution in [0.3, 0.4) is 0 Å². The number of benzene rings is 1. The van der Waals surface area contributed by atoms with Crippen molar-refractivity contribution in [1.29, 1.82) is 0 Å². The van der Waals surface area contributed by atoms with Crippen molar-refractivity contribution in [2.24, 2.45) is 0 Å². The molecule has 1 aromatic carbocycles. The molecule has 2 N–H and O–H groups in total. The molecule has 3 nitrogen and oxygen atoms in total. The highest BCUT2D eigenvalue weighted by Crippen LogP contribution is 2.25. The lowest BCUT2D eigenvalue weighted by molar-refractivity contribution is 0.130. The van der Waals surface area contributed by atoms with Crippen LogP contribution in [0.1, 0.15) is 26.3 Å². The maximum absolute atomic E-state index is 9.32. The fourth-order valence-corrected chi connectivity index (χ4v) is 1.11. The van der Waals surface area contributed by atoms with Crippen molar-refractivity contribution in [2.45, 2.75) is 33.0 Å². The van der Waals surface area contributed by atoms with Gasteiger partial charge in [-0.25, -0.2) is 0 Å². The van der Waals surface area contributed by atoms with E-state index in [0.29, 0.717) is 11.3 Å². The zero-order valence-corrected chi connectivity index (χ0v) is 8.74. The van der Waals surface area contributed by atoms with Crippen LogP contribution in [-0.2, 0) is 6.61 Å². The van der Waals surface area contributed by atoms with Gasteiger partial charge in [0, 0.05) is 5.56 Å². The molecule has 0 heterocycles. The van der Waals surface area contributed by atoms with Crippen LogP contribution >= 0.6 is 0 Å². The summed E-state index contributed by atoms with van der Waals surface area (Å²) in [6.45, 7) is 5.64. The Morgan fingerprint density at radius 1 is 1.29 bits per heavy atom. The second kappa shape index (κ2) is 3.88. The Bertz CT molecular complexity index is 313. The molecule has 0 fully saturated rings. The number of aromatic hydroxyl groups is 1. The highest BCUT2D eigenvalue weighted by molar-refractivity contribution is 5.39. The van der Waals surface area contributed by atoms with E-state index in [9.17, 15) is 5.11 Å². The third-order valence-electron chi connectivity index (χ3n) is 1.65. The summed E-state index contributed by atoms with van der Waals surface area (Å²) in [5, 5.41) is 18.2. The largest absolute Gasteiger partial charge is 0.508 e. The Kier molecular flexibility index (Phi) is 3.01. The summed E-state index contributed by atoms with van der Waals surface area (Å²) in [6.07, 6.45) is 0. The molecule has 1 rings (SSSR count). The molecule has 0 aliphatic rings. The molecular weight excluding hydrogens is 180 g/mol. The van der Waals surface area contributed by atoms with Gasteiger partial charge in [-0.15, -0.1) is 0 Å². The molecule has 78 valence electrons. The van der Waals surface area contributed by atoms with E-state index in [1.54, 1.807) is 12.1 Å². The summed E-state index contributed by atoms with van der Waals surface area (Å²) in [5.41, 5.74) is 0.204. The minimum absolute atomic E-state index is 0.0914. The van der Waals surface area contributed by atoms with Gasteiger partial charge in [-0.05, 0) is 39.0 Å². The topological polar surface area (TPSA) is 49.7 Å². The lowest BCUT2D eigenvalue weighted by Gasteiger charge is -2.21. The Balaban J connectivity index is 2.90. The first-order chi connectivity index (χ1) is 6.42. The van der Waals surface area contributed by atoms with E-state index in [4.69, 9.17) is 9.84 Å². The summed E-state index contributed by atoms with van der Waals surface area (Å²) in [4.78, 5) is 0. The third kappa shape index (κ3) is 2.92. The van der Waals surface area contributed by atoms with Crippen molar-refractivity contribution in [3.05, 3.63) is 23.8 Å². The van der Waals surface area contributed by atoms with Crippen LogP contribution in [0.25, 0.3) is 0 Å². The molecule has 0 atom stereocenters. The fourth-order valence-electron chi connectivity index (χ4n) is 1.11. The second-order valence-electron chi connectivity index (χ2n) is 4.16. The lowest BCUT2D eigenvalue weighted by atomic mass is 10.1. The number of rotatable bonds is 2. The zero-order valence-electron chi connectivity index (χ0n) is 8.74. The first kappa shape index (κ1) is 10.9. The van der Waals surface area contributed by atoms with Gasteiger partial charge in [0.05, 0.1) is 6.61 Å². The molecular formula is C11H16O3. The Labute approximate surface area is 84.0 Å². The van der Waals surface area contributed by atoms with Crippen molar-refractivity contribution >= 4 is 0 Å². The van der Waals surface area contributed by atoms with Gasteiger partial charge in [0.15, 0.2) is 0 Å². The minimum Gasteiger partial charge on any atom is -0.508 e. The minimum atomic E-state index is -0.274. The summed E-state index contributed by atoms with van der Waals surface area (Å²) in [6, 6.07) is 4.84. The molecule has 0 aliphatic heterocycles. The Morgan fingerprint density at radius 3 is 2.43 bits per heavy atom. The molecule has 0 spiro atoms. The molecule has 1 aromatic rings. The Morgan fingerprint density at radius 2 is 1.93 bits per heavy atom. The van der Waals surface area contributed by atoms with E-state index in [1.165, 1.54) is 6.07 Å². The standard InChI is InChI=1S/C11H16O3/c1-11(2,3)14-9-4-5-10(13)8(6-9)7-12/h4-6,12-13H,7H2,1-3H3. The normalized spacial score (nSPS) is 11.4. The van der Waals surface area contributed by atoms with E-state index >= 15 is 0 Å². The molecule has 0 aliphatic carbocycles. The SMILES string of the molecule is CC(C)(C)Oc1ccc(O)c(CO)c1. The number of ether oxygens (including phenoxy) is 1. The molecule has 14 heavy (non-hydrogen) atoms. The average molecular weight is 196 g/mol. The van der Waals surface area contributed by atoms with Crippen LogP contribution in [0, 0.1) is 0 Å². The van der Waals surface area contributed by atoms with Crippen LogP contribution in [0.15, 0.2) is 18.2 Å². The number of hydrogen-bond acceptors (Lipinski definition) is 3. The number of aliphatic hydroxyl groups excluding tert-OH is 1. The van der Waals surface area contributed by atoms with Crippen LogP contribution in [0.2, 0.25) is 0 Å². The van der Waals surface area contributed by atoms with Crippen molar-refractivity contribution in [1.82, 2.24) is 0 Å². The predicted molar refractivity (Wildman–Crippen MR) is 54.4 cm³/mol. The average Bonchev–Trinajstić information content (AvgIpc) is 2.06. The van der Waals surface area contributed by atoms with Gasteiger partial charge in [-0.1, -0.05) is 0 Å². The highest BCUT2D eigenvalue weighted by Gasteiger charge is 2.12. The van der Waals surface area contributed by atoms with Crippen LogP contribution in [0.5, 0.6) is 11.5 Å². The predicted octanol–water partition coefficient (Wildman–Crippen LogP) is 2.06. The molecule has 3 heteroatoms. The maximum Gasteiger partial charge on any atom is 0.121 e. The summed E-state index contributed by atoms with van der Waals surface area (Å²) < 4.78 is 5.58. The lowest BCUT2D eigenvalue weighted by Crippen LogP contribution is -2.22. The van der Waals surface area contributed by atoms with E-state index < -0.39 is 0 Å². The molecule has 0 amide bonds. The molecule has 0 saturated carbocycles. The van der Waals surface area contributed by atoms with Crippen LogP contribution < -0.4 is 4.74 Å². The first-order valence-corrected chi connectivity index (χ1v) is 4.54. The molecule has 0 radical (unpaired) electrons. The Hall–Kier alpha value is -1.22. The van der Waals surface area contributed by atoms with Gasteiger partial charge in [-0.3, -0.25) is 0 Å². The smallest absolute Gasteiger partial charge is 0.121 e. The maximum atomic E-state index is 9.32. The molecule has 0 bridgehead atoms. The van der Waals surface area contributed by atoms with Gasteiger partial charge in [-0.2, -0.15) is 0 Å². The number of aliphatic hydroxyl groups is 1. The number of phenols is 1. The van der Waals surface area contributed by atoms with E-state index in [2.05, 4.69) is 0 Å². The van der Waals surface area contributed by atoms with Crippen molar-refractivity contribution in [2.75, 3.05) is 0 Å². The van der Waals surface area contributed by atoms with Gasteiger partial charge >= 0.3 is 0 Å². The van der Waals surface area contributed by atoms with E-state index in [0.717, 1.165) is 0 Å². The molecule has 0 unspecified atom stereocenters. The van der Waals surface area contributed by atoms with Gasteiger partial charge in [0.25, 0.3) is 0 Å². The monoisotopic (exact) mass is 196 g/mol. The van der Waals surface area contributed by atoms with Crippen molar-refractivity contribution < 1.29 is 14.9 Å². The van der Waals surface area contributed by atoms with E-state index in [-0.39, 0.29) is 18.0 Å². The fraction of sp³-hybridized carbons (Fsp3) is 0.455. The van der Waals surface area contributed by atoms with E-state index in [1.807, 2.05) is 20.8 Å². The van der Waals surface area contributed by atoms with Crippen molar-refractivity contribution in [3.8, 4) is 11.5 Å². The molecule has 0 saturated heterocycles. The van der Waals surface area contributed by atoms with Gasteiger partial charge < -0.3 is 14.9 Å². The first-order valence-electron chi connectivity index (χ1n) is 4.54. The molecule has 0 aromatic heterocycles. The van der Waals surface area contributed by atoms with Crippen LogP contribution in [0.4, 0.5) is 0 Å². The van der Waals surface area contributed by atoms with Gasteiger partial charge in [0.2, 0.25) is 0 Å². The number of hydrogen-bond donors (Lipinski definition) is 2. The van der Waals surface area contributed by atoms with Crippen molar-refractivity contribution in [3.63, 3.8) is 0 Å².